The molecule has 0 saturated carbocycles. The third-order valence-corrected chi connectivity index (χ3v) is 4.59. The van der Waals surface area contributed by atoms with Crippen LogP contribution in [0.4, 0.5) is 0 Å². The van der Waals surface area contributed by atoms with Gasteiger partial charge in [0, 0.05) is 51.7 Å². The smallest absolute Gasteiger partial charge is 0.312 e. The molecular weight excluding hydrogens is 272 g/mol. The van der Waals surface area contributed by atoms with Crippen molar-refractivity contribution in [3.05, 3.63) is 0 Å². The molecule has 21 heavy (non-hydrogen) atoms. The number of fused-ring (bicyclic) bond motifs is 1. The van der Waals surface area contributed by atoms with E-state index in [0.717, 1.165) is 25.9 Å². The Morgan fingerprint density at radius 1 is 1.00 bits per heavy atom. The third-order valence-electron chi connectivity index (χ3n) is 4.59. The minimum absolute atomic E-state index is 0.105. The quantitative estimate of drug-likeness (QED) is 0.560. The summed E-state index contributed by atoms with van der Waals surface area (Å²) in [6.07, 6.45) is 2.24. The molecule has 1 atom stereocenters. The highest BCUT2D eigenvalue weighted by molar-refractivity contribution is 6.34. The molecule has 0 aliphatic carbocycles. The van der Waals surface area contributed by atoms with Gasteiger partial charge in [0.2, 0.25) is 5.91 Å². The molecule has 0 aromatic heterocycles. The summed E-state index contributed by atoms with van der Waals surface area (Å²) in [5.74, 6) is -0.621. The Morgan fingerprint density at radius 2 is 1.81 bits per heavy atom. The van der Waals surface area contributed by atoms with E-state index in [4.69, 9.17) is 0 Å². The van der Waals surface area contributed by atoms with Gasteiger partial charge in [-0.05, 0) is 19.4 Å². The van der Waals surface area contributed by atoms with E-state index in [0.29, 0.717) is 39.1 Å². The first-order valence-electron chi connectivity index (χ1n) is 7.75. The minimum atomic E-state index is -0.407. The first kappa shape index (κ1) is 14.3. The molecule has 116 valence electrons. The van der Waals surface area contributed by atoms with Crippen molar-refractivity contribution in [1.82, 2.24) is 20.0 Å². The number of nitrogens with zero attached hydrogens (tertiary/aromatic N) is 3. The number of nitrogens with one attached hydrogen (secondary N) is 1. The molecule has 7 nitrogen and oxygen atoms in total. The molecule has 0 aromatic rings. The van der Waals surface area contributed by atoms with Crippen molar-refractivity contribution >= 4 is 17.7 Å². The van der Waals surface area contributed by atoms with Gasteiger partial charge in [-0.3, -0.25) is 14.4 Å². The van der Waals surface area contributed by atoms with Gasteiger partial charge in [0.1, 0.15) is 0 Å². The fourth-order valence-corrected chi connectivity index (χ4v) is 3.37. The predicted octanol–water partition coefficient (Wildman–Crippen LogP) is -1.36. The lowest BCUT2D eigenvalue weighted by Crippen LogP contribution is -2.56. The third kappa shape index (κ3) is 2.88. The first-order chi connectivity index (χ1) is 10.2. The maximum absolute atomic E-state index is 12.4. The highest BCUT2D eigenvalue weighted by Crippen LogP contribution is 2.23. The van der Waals surface area contributed by atoms with Crippen LogP contribution in [0, 0.1) is 0 Å². The molecule has 3 heterocycles. The fourth-order valence-electron chi connectivity index (χ4n) is 3.37. The SMILES string of the molecule is O=C(C(=O)N1CCN2C(=O)CCC2C1)N1CCCNCC1. The van der Waals surface area contributed by atoms with Crippen molar-refractivity contribution in [3.8, 4) is 0 Å². The van der Waals surface area contributed by atoms with Gasteiger partial charge in [0.05, 0.1) is 0 Å². The molecule has 3 aliphatic rings. The zero-order valence-electron chi connectivity index (χ0n) is 12.2. The van der Waals surface area contributed by atoms with E-state index in [1.807, 2.05) is 4.90 Å². The monoisotopic (exact) mass is 294 g/mol. The highest BCUT2D eigenvalue weighted by Gasteiger charge is 2.39. The number of hydrogen-bond donors (Lipinski definition) is 1. The first-order valence-corrected chi connectivity index (χ1v) is 7.75. The molecule has 0 spiro atoms. The lowest BCUT2D eigenvalue weighted by atomic mass is 10.1. The molecule has 0 aromatic carbocycles. The molecule has 3 rings (SSSR count). The summed E-state index contributed by atoms with van der Waals surface area (Å²) in [4.78, 5) is 41.5. The zero-order chi connectivity index (χ0) is 14.8. The number of rotatable bonds is 0. The van der Waals surface area contributed by atoms with Crippen LogP contribution < -0.4 is 5.32 Å². The summed E-state index contributed by atoms with van der Waals surface area (Å²) in [6.45, 7) is 4.39. The van der Waals surface area contributed by atoms with E-state index in [9.17, 15) is 14.4 Å². The van der Waals surface area contributed by atoms with E-state index < -0.39 is 11.8 Å². The summed E-state index contributed by atoms with van der Waals surface area (Å²) in [6, 6.07) is 0.105. The second kappa shape index (κ2) is 6.01. The molecule has 1 N–H and O–H groups in total. The topological polar surface area (TPSA) is 73.0 Å². The Bertz CT molecular complexity index is 446. The van der Waals surface area contributed by atoms with Gasteiger partial charge in [0.25, 0.3) is 0 Å². The number of amides is 3. The molecule has 0 radical (unpaired) electrons. The van der Waals surface area contributed by atoms with E-state index in [1.165, 1.54) is 0 Å². The summed E-state index contributed by atoms with van der Waals surface area (Å²) in [5, 5.41) is 3.22. The van der Waals surface area contributed by atoms with Gasteiger partial charge < -0.3 is 20.0 Å². The van der Waals surface area contributed by atoms with E-state index in [2.05, 4.69) is 5.32 Å². The van der Waals surface area contributed by atoms with Gasteiger partial charge in [0.15, 0.2) is 0 Å². The molecule has 3 saturated heterocycles. The van der Waals surface area contributed by atoms with Crippen LogP contribution in [0.3, 0.4) is 0 Å². The lowest BCUT2D eigenvalue weighted by Gasteiger charge is -2.37. The summed E-state index contributed by atoms with van der Waals surface area (Å²) >= 11 is 0. The maximum atomic E-state index is 12.4. The van der Waals surface area contributed by atoms with Gasteiger partial charge in [-0.1, -0.05) is 0 Å². The number of hydrogen-bond acceptors (Lipinski definition) is 4. The van der Waals surface area contributed by atoms with Crippen LogP contribution >= 0.6 is 0 Å². The minimum Gasteiger partial charge on any atom is -0.336 e. The van der Waals surface area contributed by atoms with Crippen molar-refractivity contribution in [2.75, 3.05) is 45.8 Å². The molecule has 0 bridgehead atoms. The normalized spacial score (nSPS) is 26.6. The Labute approximate surface area is 124 Å². The zero-order valence-corrected chi connectivity index (χ0v) is 12.2. The number of piperazine rings is 1. The number of carbonyl (C=O) groups excluding carboxylic acids is 3. The lowest BCUT2D eigenvalue weighted by molar-refractivity contribution is -0.153. The van der Waals surface area contributed by atoms with Gasteiger partial charge in [-0.15, -0.1) is 0 Å². The van der Waals surface area contributed by atoms with Crippen LogP contribution in [-0.2, 0) is 14.4 Å². The molecule has 3 fully saturated rings. The van der Waals surface area contributed by atoms with E-state index in [-0.39, 0.29) is 11.9 Å². The van der Waals surface area contributed by atoms with Crippen LogP contribution in [0.25, 0.3) is 0 Å². The molecular formula is C14H22N4O3. The van der Waals surface area contributed by atoms with Crippen molar-refractivity contribution < 1.29 is 14.4 Å². The Hall–Kier alpha value is -1.63. The van der Waals surface area contributed by atoms with Gasteiger partial charge >= 0.3 is 11.8 Å². The van der Waals surface area contributed by atoms with Crippen LogP contribution in [0.15, 0.2) is 0 Å². The van der Waals surface area contributed by atoms with E-state index >= 15 is 0 Å². The maximum Gasteiger partial charge on any atom is 0.312 e. The van der Waals surface area contributed by atoms with Crippen LogP contribution in [0.5, 0.6) is 0 Å². The average Bonchev–Trinajstić information content (AvgIpc) is 2.72. The second-order valence-corrected chi connectivity index (χ2v) is 5.93. The largest absolute Gasteiger partial charge is 0.336 e. The Kier molecular flexibility index (Phi) is 4.10. The Balaban J connectivity index is 1.60. The molecule has 3 amide bonds. The van der Waals surface area contributed by atoms with Gasteiger partial charge in [-0.25, -0.2) is 0 Å². The molecule has 7 heteroatoms. The summed E-state index contributed by atoms with van der Waals surface area (Å²) in [7, 11) is 0. The van der Waals surface area contributed by atoms with Crippen molar-refractivity contribution in [1.29, 1.82) is 0 Å². The molecule has 1 unspecified atom stereocenters. The predicted molar refractivity (Wildman–Crippen MR) is 75.4 cm³/mol. The fraction of sp³-hybridized carbons (Fsp3) is 0.786. The Morgan fingerprint density at radius 3 is 2.67 bits per heavy atom. The standard InChI is InChI=1S/C14H22N4O3/c19-12-3-2-11-10-17(8-9-18(11)12)14(21)13(20)16-6-1-4-15-5-7-16/h11,15H,1-10H2. The van der Waals surface area contributed by atoms with Crippen LogP contribution in [-0.4, -0.2) is 84.3 Å². The van der Waals surface area contributed by atoms with Crippen LogP contribution in [0.1, 0.15) is 19.3 Å². The average molecular weight is 294 g/mol. The van der Waals surface area contributed by atoms with Gasteiger partial charge in [-0.2, -0.15) is 0 Å². The summed E-state index contributed by atoms with van der Waals surface area (Å²) in [5.41, 5.74) is 0. The van der Waals surface area contributed by atoms with Crippen LogP contribution in [0.2, 0.25) is 0 Å². The summed E-state index contributed by atoms with van der Waals surface area (Å²) < 4.78 is 0. The van der Waals surface area contributed by atoms with Crippen molar-refractivity contribution in [2.45, 2.75) is 25.3 Å². The number of carbonyl (C=O) groups is 3. The second-order valence-electron chi connectivity index (χ2n) is 5.93. The molecule has 3 aliphatic heterocycles. The van der Waals surface area contributed by atoms with Crippen molar-refractivity contribution in [3.63, 3.8) is 0 Å². The van der Waals surface area contributed by atoms with E-state index in [1.54, 1.807) is 9.80 Å². The van der Waals surface area contributed by atoms with Crippen molar-refractivity contribution in [2.24, 2.45) is 0 Å². The highest BCUT2D eigenvalue weighted by atomic mass is 16.2.